The quantitative estimate of drug-likeness (QED) is 0.839. The van der Waals surface area contributed by atoms with Crippen LogP contribution >= 0.6 is 0 Å². The van der Waals surface area contributed by atoms with E-state index in [0.29, 0.717) is 5.88 Å². The van der Waals surface area contributed by atoms with E-state index in [2.05, 4.69) is 9.97 Å². The molecular formula is C15H18N2O3. The lowest BCUT2D eigenvalue weighted by molar-refractivity contribution is 0.119. The van der Waals surface area contributed by atoms with Crippen molar-refractivity contribution < 1.29 is 14.2 Å². The first-order valence-corrected chi connectivity index (χ1v) is 6.28. The van der Waals surface area contributed by atoms with E-state index in [0.717, 1.165) is 16.8 Å². The molecule has 0 bridgehead atoms. The van der Waals surface area contributed by atoms with Crippen molar-refractivity contribution in [2.24, 2.45) is 0 Å². The molecule has 0 saturated carbocycles. The van der Waals surface area contributed by atoms with E-state index >= 15 is 0 Å². The Bertz CT molecular complexity index is 565. The van der Waals surface area contributed by atoms with Crippen LogP contribution in [0.1, 0.15) is 18.6 Å². The number of aromatic nitrogens is 2. The van der Waals surface area contributed by atoms with Crippen LogP contribution in [0.5, 0.6) is 11.9 Å². The van der Waals surface area contributed by atoms with Gasteiger partial charge in [0.15, 0.2) is 0 Å². The zero-order valence-electron chi connectivity index (χ0n) is 12.1. The molecule has 0 aliphatic heterocycles. The molecule has 0 saturated heterocycles. The summed E-state index contributed by atoms with van der Waals surface area (Å²) in [5, 5.41) is 0. The van der Waals surface area contributed by atoms with Crippen LogP contribution in [0.25, 0.3) is 11.3 Å². The standard InChI is InChI=1S/C15H18N2O3/c1-10(18-2)11-6-5-7-12(8-11)13-9-14(19-3)17-15(16-13)20-4/h5-10H,1-4H3/t10-/m1/s1. The second-order valence-corrected chi connectivity index (χ2v) is 4.29. The molecule has 2 rings (SSSR count). The van der Waals surface area contributed by atoms with Crippen molar-refractivity contribution >= 4 is 0 Å². The van der Waals surface area contributed by atoms with Gasteiger partial charge in [0.25, 0.3) is 0 Å². The lowest BCUT2D eigenvalue weighted by Crippen LogP contribution is -1.99. The number of ether oxygens (including phenoxy) is 3. The molecule has 106 valence electrons. The highest BCUT2D eigenvalue weighted by atomic mass is 16.5. The van der Waals surface area contributed by atoms with Gasteiger partial charge in [-0.15, -0.1) is 0 Å². The SMILES string of the molecule is COc1cc(-c2cccc([C@@H](C)OC)c2)nc(OC)n1. The molecule has 2 aromatic rings. The smallest absolute Gasteiger partial charge is 0.320 e. The van der Waals surface area contributed by atoms with Crippen molar-refractivity contribution in [2.75, 3.05) is 21.3 Å². The van der Waals surface area contributed by atoms with Gasteiger partial charge in [-0.25, -0.2) is 0 Å². The van der Waals surface area contributed by atoms with Crippen LogP contribution in [-0.4, -0.2) is 31.3 Å². The first kappa shape index (κ1) is 14.3. The maximum atomic E-state index is 5.33. The third kappa shape index (κ3) is 3.05. The van der Waals surface area contributed by atoms with Crippen LogP contribution in [-0.2, 0) is 4.74 Å². The maximum absolute atomic E-state index is 5.33. The number of hydrogen-bond donors (Lipinski definition) is 0. The molecule has 0 amide bonds. The second-order valence-electron chi connectivity index (χ2n) is 4.29. The molecule has 0 unspecified atom stereocenters. The van der Waals surface area contributed by atoms with Gasteiger partial charge in [-0.3, -0.25) is 0 Å². The topological polar surface area (TPSA) is 53.5 Å². The number of methoxy groups -OCH3 is 3. The first-order chi connectivity index (χ1) is 9.67. The predicted octanol–water partition coefficient (Wildman–Crippen LogP) is 2.87. The molecule has 1 aromatic heterocycles. The summed E-state index contributed by atoms with van der Waals surface area (Å²) >= 11 is 0. The van der Waals surface area contributed by atoms with Crippen molar-refractivity contribution in [2.45, 2.75) is 13.0 Å². The van der Waals surface area contributed by atoms with Crippen molar-refractivity contribution in [1.29, 1.82) is 0 Å². The Morgan fingerprint density at radius 1 is 1.00 bits per heavy atom. The Balaban J connectivity index is 2.45. The molecule has 0 aliphatic carbocycles. The minimum absolute atomic E-state index is 0.0283. The number of hydrogen-bond acceptors (Lipinski definition) is 5. The molecule has 5 nitrogen and oxygen atoms in total. The molecule has 1 aromatic carbocycles. The van der Waals surface area contributed by atoms with E-state index in [-0.39, 0.29) is 12.1 Å². The Hall–Kier alpha value is -2.14. The van der Waals surface area contributed by atoms with Crippen LogP contribution in [0.3, 0.4) is 0 Å². The lowest BCUT2D eigenvalue weighted by Gasteiger charge is -2.12. The minimum Gasteiger partial charge on any atom is -0.481 e. The van der Waals surface area contributed by atoms with E-state index in [1.54, 1.807) is 20.3 Å². The van der Waals surface area contributed by atoms with Crippen LogP contribution < -0.4 is 9.47 Å². The molecule has 5 heteroatoms. The van der Waals surface area contributed by atoms with Crippen LogP contribution in [0, 0.1) is 0 Å². The van der Waals surface area contributed by atoms with Gasteiger partial charge in [-0.1, -0.05) is 18.2 Å². The van der Waals surface area contributed by atoms with E-state index in [4.69, 9.17) is 14.2 Å². The first-order valence-electron chi connectivity index (χ1n) is 6.28. The molecular weight excluding hydrogens is 256 g/mol. The molecule has 20 heavy (non-hydrogen) atoms. The summed E-state index contributed by atoms with van der Waals surface area (Å²) in [5.41, 5.74) is 2.80. The van der Waals surface area contributed by atoms with Crippen LogP contribution in [0.4, 0.5) is 0 Å². The fourth-order valence-corrected chi connectivity index (χ4v) is 1.83. The summed E-state index contributed by atoms with van der Waals surface area (Å²) in [6.07, 6.45) is 0.0283. The Morgan fingerprint density at radius 3 is 2.45 bits per heavy atom. The van der Waals surface area contributed by atoms with Gasteiger partial charge in [0.1, 0.15) is 0 Å². The van der Waals surface area contributed by atoms with Gasteiger partial charge < -0.3 is 14.2 Å². The zero-order valence-corrected chi connectivity index (χ0v) is 12.1. The number of nitrogens with zero attached hydrogens (tertiary/aromatic N) is 2. The van der Waals surface area contributed by atoms with Gasteiger partial charge in [-0.05, 0) is 18.6 Å². The summed E-state index contributed by atoms with van der Waals surface area (Å²) in [4.78, 5) is 8.43. The van der Waals surface area contributed by atoms with Crippen molar-refractivity contribution in [3.8, 4) is 23.1 Å². The maximum Gasteiger partial charge on any atom is 0.320 e. The van der Waals surface area contributed by atoms with Crippen molar-refractivity contribution in [3.63, 3.8) is 0 Å². The van der Waals surface area contributed by atoms with Gasteiger partial charge in [0.2, 0.25) is 5.88 Å². The largest absolute Gasteiger partial charge is 0.481 e. The minimum atomic E-state index is 0.0283. The third-order valence-electron chi connectivity index (χ3n) is 3.08. The Kier molecular flexibility index (Phi) is 4.53. The Labute approximate surface area is 118 Å². The summed E-state index contributed by atoms with van der Waals surface area (Å²) in [5.74, 6) is 0.469. The second kappa shape index (κ2) is 6.34. The highest BCUT2D eigenvalue weighted by Gasteiger charge is 2.10. The van der Waals surface area contributed by atoms with Crippen molar-refractivity contribution in [1.82, 2.24) is 9.97 Å². The molecule has 0 fully saturated rings. The zero-order chi connectivity index (χ0) is 14.5. The Morgan fingerprint density at radius 2 is 1.80 bits per heavy atom. The summed E-state index contributed by atoms with van der Waals surface area (Å²) < 4.78 is 15.6. The highest BCUT2D eigenvalue weighted by molar-refractivity contribution is 5.61. The van der Waals surface area contributed by atoms with Gasteiger partial charge in [-0.2, -0.15) is 9.97 Å². The molecule has 0 aliphatic rings. The summed E-state index contributed by atoms with van der Waals surface area (Å²) in [7, 11) is 4.78. The summed E-state index contributed by atoms with van der Waals surface area (Å²) in [6.45, 7) is 2.00. The average Bonchev–Trinajstić information content (AvgIpc) is 2.53. The molecule has 0 radical (unpaired) electrons. The fraction of sp³-hybridized carbons (Fsp3) is 0.333. The number of benzene rings is 1. The molecule has 0 spiro atoms. The lowest BCUT2D eigenvalue weighted by atomic mass is 10.0. The van der Waals surface area contributed by atoms with Crippen LogP contribution in [0.15, 0.2) is 30.3 Å². The highest BCUT2D eigenvalue weighted by Crippen LogP contribution is 2.26. The molecule has 1 atom stereocenters. The van der Waals surface area contributed by atoms with E-state index < -0.39 is 0 Å². The number of rotatable bonds is 5. The van der Waals surface area contributed by atoms with E-state index in [1.165, 1.54) is 7.11 Å². The molecule has 1 heterocycles. The predicted molar refractivity (Wildman–Crippen MR) is 76.0 cm³/mol. The normalized spacial score (nSPS) is 12.0. The third-order valence-corrected chi connectivity index (χ3v) is 3.08. The molecule has 0 N–H and O–H groups in total. The van der Waals surface area contributed by atoms with Crippen LogP contribution in [0.2, 0.25) is 0 Å². The monoisotopic (exact) mass is 274 g/mol. The van der Waals surface area contributed by atoms with Gasteiger partial charge >= 0.3 is 6.01 Å². The fourth-order valence-electron chi connectivity index (χ4n) is 1.83. The average molecular weight is 274 g/mol. The summed E-state index contributed by atoms with van der Waals surface area (Å²) in [6, 6.07) is 10.1. The van der Waals surface area contributed by atoms with E-state index in [1.807, 2.05) is 31.2 Å². The van der Waals surface area contributed by atoms with Gasteiger partial charge in [0.05, 0.1) is 26.0 Å². The van der Waals surface area contributed by atoms with E-state index in [9.17, 15) is 0 Å². The van der Waals surface area contributed by atoms with Crippen molar-refractivity contribution in [3.05, 3.63) is 35.9 Å². The van der Waals surface area contributed by atoms with Gasteiger partial charge in [0, 0.05) is 18.7 Å².